The Labute approximate surface area is 92.9 Å². The predicted molar refractivity (Wildman–Crippen MR) is 56.8 cm³/mol. The highest BCUT2D eigenvalue weighted by atomic mass is 19.3. The first kappa shape index (κ1) is 11.2. The van der Waals surface area contributed by atoms with E-state index in [9.17, 15) is 13.6 Å². The number of likely N-dealkylation sites (tertiary alicyclic amines) is 1. The zero-order valence-electron chi connectivity index (χ0n) is 8.83. The van der Waals surface area contributed by atoms with Crippen molar-refractivity contribution in [3.05, 3.63) is 35.9 Å². The third-order valence-corrected chi connectivity index (χ3v) is 2.66. The highest BCUT2D eigenvalue weighted by Crippen LogP contribution is 2.26. The summed E-state index contributed by atoms with van der Waals surface area (Å²) >= 11 is 0. The second-order valence-corrected chi connectivity index (χ2v) is 4.11. The van der Waals surface area contributed by atoms with Crippen LogP contribution in [0, 0.1) is 0 Å². The maximum Gasteiger partial charge on any atom is 0.272 e. The second-order valence-electron chi connectivity index (χ2n) is 4.11. The number of rotatable bonds is 4. The number of hydrogen-bond acceptors (Lipinski definition) is 2. The number of hydrogen-bond donors (Lipinski definition) is 0. The van der Waals surface area contributed by atoms with Gasteiger partial charge in [-0.1, -0.05) is 30.3 Å². The Kier molecular flexibility index (Phi) is 3.01. The molecular weight excluding hydrogens is 212 g/mol. The molecule has 0 saturated carbocycles. The summed E-state index contributed by atoms with van der Waals surface area (Å²) in [5.74, 6) is -2.54. The van der Waals surface area contributed by atoms with Gasteiger partial charge in [0.2, 0.25) is 0 Å². The Balaban J connectivity index is 1.77. The van der Waals surface area contributed by atoms with Gasteiger partial charge in [0.1, 0.15) is 0 Å². The predicted octanol–water partition coefficient (Wildman–Crippen LogP) is 2.21. The minimum absolute atomic E-state index is 0.0100. The van der Waals surface area contributed by atoms with Crippen LogP contribution in [-0.2, 0) is 0 Å². The highest BCUT2D eigenvalue weighted by Gasteiger charge is 2.43. The van der Waals surface area contributed by atoms with E-state index in [1.165, 1.54) is 0 Å². The Morgan fingerprint density at radius 1 is 1.25 bits per heavy atom. The monoisotopic (exact) mass is 225 g/mol. The van der Waals surface area contributed by atoms with E-state index in [2.05, 4.69) is 0 Å². The molecule has 0 spiro atoms. The molecule has 0 N–H and O–H groups in total. The standard InChI is InChI=1S/C12H13F2NO/c13-12(14)8-15(9-12)7-6-11(16)10-4-2-1-3-5-10/h1-5H,6-9H2. The third-order valence-electron chi connectivity index (χ3n) is 2.66. The summed E-state index contributed by atoms with van der Waals surface area (Å²) in [6.45, 7) is -0.00649. The molecule has 1 aromatic carbocycles. The molecule has 0 aromatic heterocycles. The first-order chi connectivity index (χ1) is 7.57. The SMILES string of the molecule is O=C(CCN1CC(F)(F)C1)c1ccccc1. The van der Waals surface area contributed by atoms with E-state index in [4.69, 9.17) is 0 Å². The van der Waals surface area contributed by atoms with Crippen LogP contribution in [0.15, 0.2) is 30.3 Å². The van der Waals surface area contributed by atoms with Crippen LogP contribution in [0.5, 0.6) is 0 Å². The van der Waals surface area contributed by atoms with E-state index in [0.29, 0.717) is 18.5 Å². The molecule has 86 valence electrons. The van der Waals surface area contributed by atoms with Crippen LogP contribution in [0.25, 0.3) is 0 Å². The van der Waals surface area contributed by atoms with Gasteiger partial charge in [-0.15, -0.1) is 0 Å². The maximum absolute atomic E-state index is 12.5. The lowest BCUT2D eigenvalue weighted by Gasteiger charge is -2.38. The lowest BCUT2D eigenvalue weighted by Crippen LogP contribution is -2.56. The lowest BCUT2D eigenvalue weighted by atomic mass is 10.1. The smallest absolute Gasteiger partial charge is 0.272 e. The van der Waals surface area contributed by atoms with Crippen LogP contribution in [0.3, 0.4) is 0 Å². The Morgan fingerprint density at radius 2 is 1.88 bits per heavy atom. The zero-order chi connectivity index (χ0) is 11.6. The van der Waals surface area contributed by atoms with Gasteiger partial charge in [0.05, 0.1) is 13.1 Å². The van der Waals surface area contributed by atoms with Crippen LogP contribution >= 0.6 is 0 Å². The number of carbonyl (C=O) groups is 1. The van der Waals surface area contributed by atoms with Crippen molar-refractivity contribution in [2.45, 2.75) is 12.3 Å². The normalized spacial score (nSPS) is 19.1. The number of benzene rings is 1. The molecule has 1 heterocycles. The average Bonchev–Trinajstić information content (AvgIpc) is 2.24. The molecule has 0 aliphatic carbocycles. The summed E-state index contributed by atoms with van der Waals surface area (Å²) in [5, 5.41) is 0. The summed E-state index contributed by atoms with van der Waals surface area (Å²) < 4.78 is 25.0. The lowest BCUT2D eigenvalue weighted by molar-refractivity contribution is -0.129. The number of ketones is 1. The molecule has 1 aliphatic heterocycles. The van der Waals surface area contributed by atoms with Gasteiger partial charge in [-0.2, -0.15) is 0 Å². The Hall–Kier alpha value is -1.29. The summed E-state index contributed by atoms with van der Waals surface area (Å²) in [5.41, 5.74) is 0.648. The van der Waals surface area contributed by atoms with Gasteiger partial charge in [0, 0.05) is 18.5 Å². The van der Waals surface area contributed by atoms with Gasteiger partial charge >= 0.3 is 0 Å². The van der Waals surface area contributed by atoms with Crippen LogP contribution < -0.4 is 0 Å². The number of Topliss-reactive ketones (excluding diaryl/α,β-unsaturated/α-hetero) is 1. The fraction of sp³-hybridized carbons (Fsp3) is 0.417. The molecule has 0 bridgehead atoms. The summed E-state index contributed by atoms with van der Waals surface area (Å²) in [6.07, 6.45) is 0.306. The largest absolute Gasteiger partial charge is 0.294 e. The van der Waals surface area contributed by atoms with Crippen molar-refractivity contribution >= 4 is 5.78 Å². The Bertz CT molecular complexity index is 370. The molecule has 1 aromatic rings. The molecule has 1 aliphatic rings. The second kappa shape index (κ2) is 4.29. The van der Waals surface area contributed by atoms with Crippen LogP contribution in [0.2, 0.25) is 0 Å². The van der Waals surface area contributed by atoms with E-state index in [0.717, 1.165) is 0 Å². The van der Waals surface area contributed by atoms with E-state index < -0.39 is 5.92 Å². The molecule has 16 heavy (non-hydrogen) atoms. The first-order valence-electron chi connectivity index (χ1n) is 5.25. The van der Waals surface area contributed by atoms with Gasteiger partial charge in [-0.3, -0.25) is 9.69 Å². The van der Waals surface area contributed by atoms with E-state index in [1.807, 2.05) is 6.07 Å². The van der Waals surface area contributed by atoms with Crippen LogP contribution in [0.1, 0.15) is 16.8 Å². The van der Waals surface area contributed by atoms with Gasteiger partial charge in [-0.05, 0) is 0 Å². The molecule has 0 amide bonds. The Morgan fingerprint density at radius 3 is 2.44 bits per heavy atom. The minimum atomic E-state index is -2.55. The van der Waals surface area contributed by atoms with Crippen molar-refractivity contribution in [3.63, 3.8) is 0 Å². The maximum atomic E-state index is 12.5. The molecule has 4 heteroatoms. The highest BCUT2D eigenvalue weighted by molar-refractivity contribution is 5.96. The molecule has 0 radical (unpaired) electrons. The van der Waals surface area contributed by atoms with Crippen LogP contribution in [-0.4, -0.2) is 36.2 Å². The third kappa shape index (κ3) is 2.64. The first-order valence-corrected chi connectivity index (χ1v) is 5.25. The summed E-state index contributed by atoms with van der Waals surface area (Å²) in [4.78, 5) is 13.2. The molecular formula is C12H13F2NO. The van der Waals surface area contributed by atoms with Gasteiger partial charge in [-0.25, -0.2) is 8.78 Å². The van der Waals surface area contributed by atoms with Crippen molar-refractivity contribution < 1.29 is 13.6 Å². The van der Waals surface area contributed by atoms with E-state index >= 15 is 0 Å². The number of alkyl halides is 2. The summed E-state index contributed by atoms with van der Waals surface area (Å²) in [6, 6.07) is 8.92. The number of carbonyl (C=O) groups excluding carboxylic acids is 1. The van der Waals surface area contributed by atoms with Crippen molar-refractivity contribution in [2.24, 2.45) is 0 Å². The van der Waals surface area contributed by atoms with Crippen molar-refractivity contribution in [3.8, 4) is 0 Å². The minimum Gasteiger partial charge on any atom is -0.294 e. The average molecular weight is 225 g/mol. The molecule has 0 atom stereocenters. The molecule has 2 nitrogen and oxygen atoms in total. The zero-order valence-corrected chi connectivity index (χ0v) is 8.83. The summed E-state index contributed by atoms with van der Waals surface area (Å²) in [7, 11) is 0. The van der Waals surface area contributed by atoms with Crippen molar-refractivity contribution in [1.82, 2.24) is 4.90 Å². The number of halogens is 2. The molecule has 2 rings (SSSR count). The fourth-order valence-electron chi connectivity index (χ4n) is 1.79. The van der Waals surface area contributed by atoms with Crippen molar-refractivity contribution in [2.75, 3.05) is 19.6 Å². The number of nitrogens with zero attached hydrogens (tertiary/aromatic N) is 1. The van der Waals surface area contributed by atoms with Gasteiger partial charge in [0.25, 0.3) is 5.92 Å². The molecule has 1 saturated heterocycles. The van der Waals surface area contributed by atoms with Crippen molar-refractivity contribution in [1.29, 1.82) is 0 Å². The van der Waals surface area contributed by atoms with Gasteiger partial charge in [0.15, 0.2) is 5.78 Å². The topological polar surface area (TPSA) is 20.3 Å². The van der Waals surface area contributed by atoms with Gasteiger partial charge < -0.3 is 0 Å². The van der Waals surface area contributed by atoms with Crippen LogP contribution in [0.4, 0.5) is 8.78 Å². The quantitative estimate of drug-likeness (QED) is 0.732. The molecule has 0 unspecified atom stereocenters. The van der Waals surface area contributed by atoms with E-state index in [-0.39, 0.29) is 18.9 Å². The molecule has 1 fully saturated rings. The fourth-order valence-corrected chi connectivity index (χ4v) is 1.79. The van der Waals surface area contributed by atoms with E-state index in [1.54, 1.807) is 29.2 Å².